The fourth-order valence-electron chi connectivity index (χ4n) is 4.76. The number of thiophene rings is 1. The quantitative estimate of drug-likeness (QED) is 0.747. The van der Waals surface area contributed by atoms with E-state index in [9.17, 15) is 4.79 Å². The molecule has 0 aliphatic carbocycles. The zero-order chi connectivity index (χ0) is 16.2. The van der Waals surface area contributed by atoms with Crippen molar-refractivity contribution in [2.24, 2.45) is 11.8 Å². The van der Waals surface area contributed by atoms with Crippen molar-refractivity contribution in [3.8, 4) is 0 Å². The number of hydrogen-bond donors (Lipinski definition) is 0. The molecule has 3 aliphatic rings. The summed E-state index contributed by atoms with van der Waals surface area (Å²) in [5.41, 5.74) is 1.06. The highest BCUT2D eigenvalue weighted by atomic mass is 32.1. The van der Waals surface area contributed by atoms with Crippen molar-refractivity contribution in [2.75, 3.05) is 13.1 Å². The molecule has 3 fully saturated rings. The van der Waals surface area contributed by atoms with Crippen LogP contribution < -0.4 is 0 Å². The Morgan fingerprint density at radius 1 is 1.26 bits per heavy atom. The van der Waals surface area contributed by atoms with E-state index in [1.165, 1.54) is 40.9 Å². The monoisotopic (exact) mass is 327 g/mol. The van der Waals surface area contributed by atoms with Crippen molar-refractivity contribution in [2.45, 2.75) is 45.6 Å². The van der Waals surface area contributed by atoms with Gasteiger partial charge in [-0.05, 0) is 76.1 Å². The third kappa shape index (κ3) is 2.54. The topological polar surface area (TPSA) is 20.3 Å². The van der Waals surface area contributed by atoms with E-state index < -0.39 is 0 Å². The van der Waals surface area contributed by atoms with Crippen LogP contribution in [0.5, 0.6) is 0 Å². The summed E-state index contributed by atoms with van der Waals surface area (Å²) in [4.78, 5) is 16.8. The summed E-state index contributed by atoms with van der Waals surface area (Å²) < 4.78 is 1.24. The van der Waals surface area contributed by atoms with Crippen LogP contribution in [0.15, 0.2) is 24.3 Å². The van der Waals surface area contributed by atoms with Crippen molar-refractivity contribution in [1.29, 1.82) is 0 Å². The van der Waals surface area contributed by atoms with Gasteiger partial charge >= 0.3 is 0 Å². The number of rotatable bonds is 3. The third-order valence-corrected chi connectivity index (χ3v) is 7.21. The Kier molecular flexibility index (Phi) is 3.62. The second kappa shape index (κ2) is 5.42. The third-order valence-electron chi connectivity index (χ3n) is 6.20. The minimum absolute atomic E-state index is 0.167. The molecule has 0 N–H and O–H groups in total. The van der Waals surface area contributed by atoms with Gasteiger partial charge in [-0.1, -0.05) is 12.1 Å². The lowest BCUT2D eigenvalue weighted by Gasteiger charge is -2.56. The van der Waals surface area contributed by atoms with Gasteiger partial charge in [-0.2, -0.15) is 0 Å². The first-order valence-corrected chi connectivity index (χ1v) is 9.55. The molecule has 0 saturated carbocycles. The van der Waals surface area contributed by atoms with Gasteiger partial charge in [0.05, 0.1) is 0 Å². The summed E-state index contributed by atoms with van der Waals surface area (Å²) in [5, 5.41) is 1.26. The van der Waals surface area contributed by atoms with E-state index in [-0.39, 0.29) is 5.54 Å². The van der Waals surface area contributed by atoms with Crippen LogP contribution in [-0.4, -0.2) is 29.3 Å². The number of benzene rings is 1. The van der Waals surface area contributed by atoms with E-state index in [2.05, 4.69) is 43.9 Å². The van der Waals surface area contributed by atoms with Crippen LogP contribution in [0.1, 0.15) is 48.3 Å². The highest BCUT2D eigenvalue weighted by molar-refractivity contribution is 7.19. The smallest absolute Gasteiger partial charge is 0.163 e. The molecule has 122 valence electrons. The average molecular weight is 327 g/mol. The molecule has 2 bridgehead atoms. The fraction of sp³-hybridized carbons (Fsp3) is 0.550. The van der Waals surface area contributed by atoms with E-state index in [1.807, 2.05) is 6.07 Å². The van der Waals surface area contributed by atoms with Gasteiger partial charge in [0, 0.05) is 27.1 Å². The Morgan fingerprint density at radius 2 is 2.00 bits per heavy atom. The first-order valence-electron chi connectivity index (χ1n) is 8.73. The highest BCUT2D eigenvalue weighted by Crippen LogP contribution is 2.45. The number of ketones is 1. The molecular weight excluding hydrogens is 302 g/mol. The van der Waals surface area contributed by atoms with Gasteiger partial charge in [-0.25, -0.2) is 0 Å². The van der Waals surface area contributed by atoms with Crippen molar-refractivity contribution in [3.63, 3.8) is 0 Å². The summed E-state index contributed by atoms with van der Waals surface area (Å²) in [6, 6.07) is 8.42. The summed E-state index contributed by atoms with van der Waals surface area (Å²) in [6.07, 6.45) is 3.24. The summed E-state index contributed by atoms with van der Waals surface area (Å²) in [6.45, 7) is 9.22. The van der Waals surface area contributed by atoms with Crippen molar-refractivity contribution < 1.29 is 4.79 Å². The summed E-state index contributed by atoms with van der Waals surface area (Å²) >= 11 is 1.78. The van der Waals surface area contributed by atoms with Crippen LogP contribution in [-0.2, 0) is 0 Å². The van der Waals surface area contributed by atoms with Gasteiger partial charge in [0.25, 0.3) is 0 Å². The van der Waals surface area contributed by atoms with Crippen molar-refractivity contribution in [1.82, 2.24) is 4.90 Å². The van der Waals surface area contributed by atoms with E-state index in [1.54, 1.807) is 11.3 Å². The number of nitrogens with zero attached hydrogens (tertiary/aromatic N) is 1. The van der Waals surface area contributed by atoms with Crippen molar-refractivity contribution in [3.05, 3.63) is 34.7 Å². The number of carbonyl (C=O) groups excluding carboxylic acids is 1. The maximum absolute atomic E-state index is 12.9. The maximum atomic E-state index is 12.9. The van der Waals surface area contributed by atoms with Crippen LogP contribution in [0.2, 0.25) is 0 Å². The maximum Gasteiger partial charge on any atom is 0.163 e. The van der Waals surface area contributed by atoms with Crippen LogP contribution in [0.25, 0.3) is 10.1 Å². The van der Waals surface area contributed by atoms with Gasteiger partial charge in [-0.15, -0.1) is 11.3 Å². The number of Topliss-reactive ketones (excluding diaryl/α,β-unsaturated/α-hetero) is 1. The minimum atomic E-state index is 0.167. The summed E-state index contributed by atoms with van der Waals surface area (Å²) in [5.74, 6) is 1.55. The number of hydrogen-bond acceptors (Lipinski definition) is 3. The number of piperidine rings is 3. The van der Waals surface area contributed by atoms with Crippen LogP contribution in [0.4, 0.5) is 0 Å². The van der Waals surface area contributed by atoms with E-state index in [0.717, 1.165) is 11.5 Å². The second-order valence-electron chi connectivity index (χ2n) is 7.82. The Labute approximate surface area is 142 Å². The minimum Gasteiger partial charge on any atom is -0.298 e. The first kappa shape index (κ1) is 15.3. The Morgan fingerprint density at radius 3 is 2.70 bits per heavy atom. The molecule has 2 aromatic rings. The molecule has 1 aromatic carbocycles. The molecule has 0 unspecified atom stereocenters. The van der Waals surface area contributed by atoms with E-state index >= 15 is 0 Å². The molecule has 0 spiro atoms. The SMILES string of the molecule is Cc1cc2ccc(C(=O)C[C@@H]3C4CCN(CC4)C3(C)C)cc2s1. The van der Waals surface area contributed by atoms with Gasteiger partial charge in [-0.3, -0.25) is 9.69 Å². The normalized spacial score (nSPS) is 29.1. The molecule has 5 rings (SSSR count). The number of carbonyl (C=O) groups is 1. The molecule has 23 heavy (non-hydrogen) atoms. The lowest BCUT2D eigenvalue weighted by molar-refractivity contribution is -0.0643. The van der Waals surface area contributed by atoms with Crippen LogP contribution in [0, 0.1) is 18.8 Å². The highest BCUT2D eigenvalue weighted by Gasteiger charge is 2.47. The Bertz CT molecular complexity index is 752. The number of aryl methyl sites for hydroxylation is 1. The molecule has 1 atom stereocenters. The average Bonchev–Trinajstić information content (AvgIpc) is 2.90. The molecule has 0 radical (unpaired) electrons. The van der Waals surface area contributed by atoms with Crippen LogP contribution >= 0.6 is 11.3 Å². The van der Waals surface area contributed by atoms with Gasteiger partial charge in [0.15, 0.2) is 5.78 Å². The zero-order valence-corrected chi connectivity index (χ0v) is 15.1. The standard InChI is InChI=1S/C20H25NOS/c1-13-10-16-5-4-15(11-19(16)23-13)18(22)12-17-14-6-8-21(9-7-14)20(17,2)3/h4-5,10-11,14,17H,6-9,12H2,1-3H3/t17-/m1/s1. The molecule has 4 heterocycles. The Hall–Kier alpha value is -1.19. The molecule has 3 aliphatic heterocycles. The molecule has 3 saturated heterocycles. The lowest BCUT2D eigenvalue weighted by atomic mass is 9.65. The molecule has 0 amide bonds. The molecule has 2 nitrogen and oxygen atoms in total. The molecule has 1 aromatic heterocycles. The molecule has 3 heteroatoms. The largest absolute Gasteiger partial charge is 0.298 e. The second-order valence-corrected chi connectivity index (χ2v) is 9.11. The summed E-state index contributed by atoms with van der Waals surface area (Å²) in [7, 11) is 0. The predicted octanol–water partition coefficient (Wildman–Crippen LogP) is 4.90. The van der Waals surface area contributed by atoms with Crippen LogP contribution in [0.3, 0.4) is 0 Å². The number of fused-ring (bicyclic) bond motifs is 4. The van der Waals surface area contributed by atoms with Gasteiger partial charge in [0.2, 0.25) is 0 Å². The lowest BCUT2D eigenvalue weighted by Crippen LogP contribution is -2.61. The first-order chi connectivity index (χ1) is 10.9. The van der Waals surface area contributed by atoms with Crippen molar-refractivity contribution >= 4 is 27.2 Å². The van der Waals surface area contributed by atoms with E-state index in [0.29, 0.717) is 18.1 Å². The Balaban J connectivity index is 1.58. The predicted molar refractivity (Wildman–Crippen MR) is 97.4 cm³/mol. The van der Waals surface area contributed by atoms with Gasteiger partial charge < -0.3 is 0 Å². The zero-order valence-electron chi connectivity index (χ0n) is 14.3. The van der Waals surface area contributed by atoms with Gasteiger partial charge in [0.1, 0.15) is 0 Å². The fourth-order valence-corrected chi connectivity index (χ4v) is 5.72. The van der Waals surface area contributed by atoms with E-state index in [4.69, 9.17) is 0 Å². The molecular formula is C20H25NOS.